The lowest BCUT2D eigenvalue weighted by atomic mass is 10.1. The van der Waals surface area contributed by atoms with Gasteiger partial charge >= 0.3 is 0 Å². The number of thiazole rings is 1. The highest BCUT2D eigenvalue weighted by atomic mass is 32.2. The molecule has 0 spiro atoms. The minimum atomic E-state index is -3.75. The van der Waals surface area contributed by atoms with Crippen molar-refractivity contribution < 1.29 is 17.9 Å². The molecule has 156 valence electrons. The van der Waals surface area contributed by atoms with Gasteiger partial charge in [0.05, 0.1) is 16.3 Å². The van der Waals surface area contributed by atoms with Gasteiger partial charge in [-0.1, -0.05) is 12.1 Å². The van der Waals surface area contributed by atoms with Crippen molar-refractivity contribution in [2.75, 3.05) is 16.7 Å². The van der Waals surface area contributed by atoms with Crippen molar-refractivity contribution in [1.82, 2.24) is 4.98 Å². The standard InChI is InChI=1S/C21H21N3O4S2/c1-12-5-6-13(2)19(9-12)30(26,27)23-21-22-16(11-29-21)15-7-8-18-17(10-15)24(4)20(25)14(3)28-18/h5-11,14H,1-4H3,(H,22,23). The first kappa shape index (κ1) is 20.4. The van der Waals surface area contributed by atoms with Gasteiger partial charge < -0.3 is 9.64 Å². The van der Waals surface area contributed by atoms with E-state index in [2.05, 4.69) is 9.71 Å². The van der Waals surface area contributed by atoms with Gasteiger partial charge in [0.15, 0.2) is 11.2 Å². The molecule has 3 aromatic rings. The van der Waals surface area contributed by atoms with Crippen molar-refractivity contribution in [3.63, 3.8) is 0 Å². The second-order valence-corrected chi connectivity index (χ2v) is 9.76. The monoisotopic (exact) mass is 443 g/mol. The lowest BCUT2D eigenvalue weighted by Gasteiger charge is -2.30. The van der Waals surface area contributed by atoms with Crippen LogP contribution in [0.15, 0.2) is 46.7 Å². The minimum Gasteiger partial charge on any atom is -0.479 e. The van der Waals surface area contributed by atoms with Crippen molar-refractivity contribution >= 4 is 38.1 Å². The molecule has 0 bridgehead atoms. The van der Waals surface area contributed by atoms with E-state index >= 15 is 0 Å². The molecule has 0 radical (unpaired) electrons. The Morgan fingerprint density at radius 2 is 1.93 bits per heavy atom. The Bertz CT molecular complexity index is 1250. The number of aryl methyl sites for hydroxylation is 2. The fourth-order valence-corrected chi connectivity index (χ4v) is 5.59. The van der Waals surface area contributed by atoms with Gasteiger partial charge in [0, 0.05) is 18.0 Å². The van der Waals surface area contributed by atoms with Crippen LogP contribution >= 0.6 is 11.3 Å². The molecule has 1 atom stereocenters. The first-order chi connectivity index (χ1) is 14.2. The average molecular weight is 444 g/mol. The second-order valence-electron chi connectivity index (χ2n) is 7.25. The summed E-state index contributed by atoms with van der Waals surface area (Å²) in [6.07, 6.45) is -0.529. The van der Waals surface area contributed by atoms with E-state index in [9.17, 15) is 13.2 Å². The molecule has 0 saturated heterocycles. The van der Waals surface area contributed by atoms with Crippen molar-refractivity contribution in [3.05, 3.63) is 52.9 Å². The number of sulfonamides is 1. The highest BCUT2D eigenvalue weighted by molar-refractivity contribution is 7.93. The Balaban J connectivity index is 1.62. The third kappa shape index (κ3) is 3.66. The van der Waals surface area contributed by atoms with Gasteiger partial charge in [0.25, 0.3) is 15.9 Å². The molecule has 1 amide bonds. The van der Waals surface area contributed by atoms with Crippen LogP contribution in [0, 0.1) is 13.8 Å². The maximum Gasteiger partial charge on any atom is 0.267 e. The maximum absolute atomic E-state index is 12.8. The van der Waals surface area contributed by atoms with Gasteiger partial charge in [0.2, 0.25) is 0 Å². The molecule has 30 heavy (non-hydrogen) atoms. The number of anilines is 2. The summed E-state index contributed by atoms with van der Waals surface area (Å²) in [5.74, 6) is 0.499. The summed E-state index contributed by atoms with van der Waals surface area (Å²) in [5, 5.41) is 2.05. The third-order valence-electron chi connectivity index (χ3n) is 4.96. The molecule has 1 aliphatic rings. The van der Waals surface area contributed by atoms with E-state index in [1.807, 2.05) is 25.1 Å². The average Bonchev–Trinajstić information content (AvgIpc) is 3.15. The van der Waals surface area contributed by atoms with Crippen LogP contribution in [0.4, 0.5) is 10.8 Å². The summed E-state index contributed by atoms with van der Waals surface area (Å²) in [6.45, 7) is 5.32. The number of ether oxygens (including phenoxy) is 1. The van der Waals surface area contributed by atoms with E-state index in [4.69, 9.17) is 4.74 Å². The molecule has 1 aliphatic heterocycles. The second kappa shape index (κ2) is 7.41. The predicted octanol–water partition coefficient (Wildman–Crippen LogP) is 3.97. The van der Waals surface area contributed by atoms with Gasteiger partial charge in [0.1, 0.15) is 5.75 Å². The first-order valence-electron chi connectivity index (χ1n) is 9.30. The molecule has 1 N–H and O–H groups in total. The Morgan fingerprint density at radius 3 is 2.70 bits per heavy atom. The normalized spacial score (nSPS) is 16.2. The Kier molecular flexibility index (Phi) is 5.03. The van der Waals surface area contributed by atoms with Crippen molar-refractivity contribution in [2.45, 2.75) is 31.8 Å². The number of carbonyl (C=O) groups is 1. The smallest absolute Gasteiger partial charge is 0.267 e. The van der Waals surface area contributed by atoms with E-state index in [-0.39, 0.29) is 15.9 Å². The summed E-state index contributed by atoms with van der Waals surface area (Å²) in [4.78, 5) is 18.4. The number of rotatable bonds is 4. The minimum absolute atomic E-state index is 0.125. The number of fused-ring (bicyclic) bond motifs is 1. The van der Waals surface area contributed by atoms with E-state index in [0.717, 1.165) is 11.1 Å². The van der Waals surface area contributed by atoms with Crippen LogP contribution in [0.5, 0.6) is 5.75 Å². The summed E-state index contributed by atoms with van der Waals surface area (Å²) < 4.78 is 33.8. The number of aromatic nitrogens is 1. The van der Waals surface area contributed by atoms with Gasteiger partial charge in [-0.25, -0.2) is 13.4 Å². The van der Waals surface area contributed by atoms with E-state index < -0.39 is 16.1 Å². The number of hydrogen-bond acceptors (Lipinski definition) is 6. The molecule has 2 aromatic carbocycles. The van der Waals surface area contributed by atoms with Crippen LogP contribution in [0.25, 0.3) is 11.3 Å². The predicted molar refractivity (Wildman–Crippen MR) is 118 cm³/mol. The fraction of sp³-hybridized carbons (Fsp3) is 0.238. The van der Waals surface area contributed by atoms with E-state index in [1.54, 1.807) is 49.4 Å². The quantitative estimate of drug-likeness (QED) is 0.659. The van der Waals surface area contributed by atoms with Crippen LogP contribution in [-0.4, -0.2) is 32.5 Å². The van der Waals surface area contributed by atoms with Gasteiger partial charge in [-0.05, 0) is 56.2 Å². The summed E-state index contributed by atoms with van der Waals surface area (Å²) in [7, 11) is -2.04. The SMILES string of the molecule is Cc1ccc(C)c(S(=O)(=O)Nc2nc(-c3ccc4c(c3)N(C)C(=O)C(C)O4)cs2)c1. The molecular formula is C21H21N3O4S2. The summed E-state index contributed by atoms with van der Waals surface area (Å²) in [6, 6.07) is 10.8. The number of likely N-dealkylation sites (N-methyl/N-ethyl adjacent to an activating group) is 1. The lowest BCUT2D eigenvalue weighted by Crippen LogP contribution is -2.41. The number of nitrogens with one attached hydrogen (secondary N) is 1. The van der Waals surface area contributed by atoms with Crippen LogP contribution in [-0.2, 0) is 14.8 Å². The van der Waals surface area contributed by atoms with Gasteiger partial charge in [-0.3, -0.25) is 9.52 Å². The number of carbonyl (C=O) groups excluding carboxylic acids is 1. The largest absolute Gasteiger partial charge is 0.479 e. The summed E-state index contributed by atoms with van der Waals surface area (Å²) in [5.41, 5.74) is 3.56. The molecule has 0 fully saturated rings. The summed E-state index contributed by atoms with van der Waals surface area (Å²) >= 11 is 1.20. The zero-order valence-corrected chi connectivity index (χ0v) is 18.6. The molecular weight excluding hydrogens is 422 g/mol. The van der Waals surface area contributed by atoms with Crippen LogP contribution in [0.1, 0.15) is 18.1 Å². The van der Waals surface area contributed by atoms with Gasteiger partial charge in [-0.15, -0.1) is 11.3 Å². The van der Waals surface area contributed by atoms with E-state index in [0.29, 0.717) is 22.7 Å². The Labute approximate surface area is 179 Å². The number of hydrogen-bond donors (Lipinski definition) is 1. The number of amides is 1. The molecule has 0 saturated carbocycles. The first-order valence-corrected chi connectivity index (χ1v) is 11.7. The van der Waals surface area contributed by atoms with E-state index in [1.165, 1.54) is 11.3 Å². The molecule has 0 aliphatic carbocycles. The van der Waals surface area contributed by atoms with Crippen molar-refractivity contribution in [3.8, 4) is 17.0 Å². The van der Waals surface area contributed by atoms with Crippen molar-refractivity contribution in [2.24, 2.45) is 0 Å². The zero-order valence-electron chi connectivity index (χ0n) is 17.0. The number of benzene rings is 2. The molecule has 2 heterocycles. The van der Waals surface area contributed by atoms with Crippen molar-refractivity contribution in [1.29, 1.82) is 0 Å². The molecule has 1 unspecified atom stereocenters. The molecule has 1 aromatic heterocycles. The topological polar surface area (TPSA) is 88.6 Å². The molecule has 4 rings (SSSR count). The lowest BCUT2D eigenvalue weighted by molar-refractivity contribution is -0.125. The Hall–Kier alpha value is -2.91. The highest BCUT2D eigenvalue weighted by Gasteiger charge is 2.29. The van der Waals surface area contributed by atoms with Gasteiger partial charge in [-0.2, -0.15) is 0 Å². The Morgan fingerprint density at radius 1 is 1.17 bits per heavy atom. The third-order valence-corrected chi connectivity index (χ3v) is 7.33. The van der Waals surface area contributed by atoms with Crippen LogP contribution in [0.2, 0.25) is 0 Å². The highest BCUT2D eigenvalue weighted by Crippen LogP contribution is 2.37. The van der Waals surface area contributed by atoms with Crippen LogP contribution in [0.3, 0.4) is 0 Å². The molecule has 7 nitrogen and oxygen atoms in total. The number of nitrogens with zero attached hydrogens (tertiary/aromatic N) is 2. The van der Waals surface area contributed by atoms with Crippen LogP contribution < -0.4 is 14.4 Å². The fourth-order valence-electron chi connectivity index (χ4n) is 3.29. The zero-order chi connectivity index (χ0) is 21.6. The molecule has 9 heteroatoms. The maximum atomic E-state index is 12.8.